The van der Waals surface area contributed by atoms with E-state index in [4.69, 9.17) is 0 Å². The molecule has 2 aromatic rings. The highest BCUT2D eigenvalue weighted by Gasteiger charge is 2.38. The molecule has 1 aliphatic rings. The lowest BCUT2D eigenvalue weighted by Gasteiger charge is -2.36. The topological polar surface area (TPSA) is 54.2 Å². The molecule has 0 aromatic carbocycles. The number of fused-ring (bicyclic) bond motifs is 1. The Labute approximate surface area is 139 Å². The molecule has 0 spiro atoms. The molecule has 9 heteroatoms. The minimum atomic E-state index is -4.51. The number of imidazole rings is 1. The van der Waals surface area contributed by atoms with Crippen molar-refractivity contribution in [3.8, 4) is 0 Å². The van der Waals surface area contributed by atoms with Crippen LogP contribution in [0.4, 0.5) is 19.0 Å². The van der Waals surface area contributed by atoms with Crippen LogP contribution in [-0.2, 0) is 6.18 Å². The summed E-state index contributed by atoms with van der Waals surface area (Å²) < 4.78 is 40.3. The number of rotatable bonds is 2. The van der Waals surface area contributed by atoms with Gasteiger partial charge in [-0.05, 0) is 42.6 Å². The number of alkyl halides is 3. The summed E-state index contributed by atoms with van der Waals surface area (Å²) in [6.45, 7) is 4.98. The lowest BCUT2D eigenvalue weighted by molar-refractivity contribution is -0.142. The Balaban J connectivity index is 1.93. The fraction of sp³-hybridized carbons (Fsp3) is 0.571. The molecule has 3 heterocycles. The molecule has 126 valence electrons. The molecule has 1 fully saturated rings. The van der Waals surface area contributed by atoms with Gasteiger partial charge in [0.05, 0.1) is 0 Å². The highest BCUT2D eigenvalue weighted by molar-refractivity contribution is 9.10. The van der Waals surface area contributed by atoms with Crippen molar-refractivity contribution in [3.05, 3.63) is 22.7 Å². The van der Waals surface area contributed by atoms with Gasteiger partial charge >= 0.3 is 6.18 Å². The quantitative estimate of drug-likeness (QED) is 0.822. The van der Waals surface area contributed by atoms with Crippen LogP contribution in [0.1, 0.15) is 32.4 Å². The van der Waals surface area contributed by atoms with Gasteiger partial charge < -0.3 is 10.6 Å². The summed E-state index contributed by atoms with van der Waals surface area (Å²) in [6, 6.07) is 0.0969. The van der Waals surface area contributed by atoms with Gasteiger partial charge in [-0.25, -0.2) is 9.97 Å². The summed E-state index contributed by atoms with van der Waals surface area (Å²) >= 11 is 2.94. The van der Waals surface area contributed by atoms with E-state index in [-0.39, 0.29) is 21.8 Å². The summed E-state index contributed by atoms with van der Waals surface area (Å²) in [5.41, 5.74) is -0.613. The predicted octanol–water partition coefficient (Wildman–Crippen LogP) is 3.45. The predicted molar refractivity (Wildman–Crippen MR) is 84.4 cm³/mol. The fourth-order valence-corrected chi connectivity index (χ4v) is 3.34. The van der Waals surface area contributed by atoms with Gasteiger partial charge in [0, 0.05) is 30.5 Å². The molecule has 23 heavy (non-hydrogen) atoms. The Morgan fingerprint density at radius 1 is 1.43 bits per heavy atom. The minimum absolute atomic E-state index is 0.0783. The van der Waals surface area contributed by atoms with Gasteiger partial charge in [-0.3, -0.25) is 4.40 Å². The molecule has 1 saturated heterocycles. The third kappa shape index (κ3) is 3.30. The SMILES string of the molecule is CC1(C)CC[C@H](Nc2nc(Br)c(C(F)(F)F)n3ccnc23)CN1. The van der Waals surface area contributed by atoms with Crippen LogP contribution in [0.25, 0.3) is 5.65 Å². The molecule has 0 unspecified atom stereocenters. The van der Waals surface area contributed by atoms with Crippen molar-refractivity contribution in [1.29, 1.82) is 0 Å². The number of nitrogens with zero attached hydrogens (tertiary/aromatic N) is 3. The van der Waals surface area contributed by atoms with Crippen LogP contribution in [-0.4, -0.2) is 32.5 Å². The number of aromatic nitrogens is 3. The minimum Gasteiger partial charge on any atom is -0.363 e. The number of halogens is 4. The number of hydrogen-bond acceptors (Lipinski definition) is 4. The number of hydrogen-bond donors (Lipinski definition) is 2. The molecule has 1 aliphatic heterocycles. The maximum Gasteiger partial charge on any atom is 0.434 e. The molecule has 1 atom stereocenters. The van der Waals surface area contributed by atoms with Crippen LogP contribution in [0.2, 0.25) is 0 Å². The number of anilines is 1. The molecule has 0 amide bonds. The third-order valence-electron chi connectivity index (χ3n) is 4.05. The summed E-state index contributed by atoms with van der Waals surface area (Å²) in [7, 11) is 0. The van der Waals surface area contributed by atoms with Gasteiger partial charge in [-0.1, -0.05) is 0 Å². The molecule has 0 radical (unpaired) electrons. The van der Waals surface area contributed by atoms with E-state index in [9.17, 15) is 13.2 Å². The maximum absolute atomic E-state index is 13.2. The van der Waals surface area contributed by atoms with Crippen molar-refractivity contribution in [3.63, 3.8) is 0 Å². The van der Waals surface area contributed by atoms with Gasteiger partial charge in [0.15, 0.2) is 17.2 Å². The van der Waals surface area contributed by atoms with E-state index in [1.807, 2.05) is 0 Å². The van der Waals surface area contributed by atoms with Crippen LogP contribution in [0.5, 0.6) is 0 Å². The van der Waals surface area contributed by atoms with Gasteiger partial charge in [-0.15, -0.1) is 0 Å². The summed E-state index contributed by atoms with van der Waals surface area (Å²) in [6.07, 6.45) is -0.00572. The molecule has 0 bridgehead atoms. The first-order chi connectivity index (χ1) is 10.7. The van der Waals surface area contributed by atoms with Crippen molar-refractivity contribution in [2.24, 2.45) is 0 Å². The fourth-order valence-electron chi connectivity index (χ4n) is 2.75. The van der Waals surface area contributed by atoms with Crippen molar-refractivity contribution < 1.29 is 13.2 Å². The van der Waals surface area contributed by atoms with E-state index < -0.39 is 11.9 Å². The van der Waals surface area contributed by atoms with Crippen molar-refractivity contribution in [2.45, 2.75) is 44.4 Å². The lowest BCUT2D eigenvalue weighted by atomic mass is 9.91. The number of nitrogens with one attached hydrogen (secondary N) is 2. The summed E-state index contributed by atoms with van der Waals surface area (Å²) in [5, 5.41) is 6.62. The number of piperidine rings is 1. The van der Waals surface area contributed by atoms with Gasteiger partial charge in [0.2, 0.25) is 0 Å². The molecule has 2 aromatic heterocycles. The molecule has 0 aliphatic carbocycles. The molecular weight excluding hydrogens is 375 g/mol. The maximum atomic E-state index is 13.2. The van der Waals surface area contributed by atoms with Crippen molar-refractivity contribution in [1.82, 2.24) is 19.7 Å². The first kappa shape index (κ1) is 16.5. The molecular formula is C14H17BrF3N5. The van der Waals surface area contributed by atoms with E-state index >= 15 is 0 Å². The highest BCUT2D eigenvalue weighted by atomic mass is 79.9. The smallest absolute Gasteiger partial charge is 0.363 e. The monoisotopic (exact) mass is 391 g/mol. The standard InChI is InChI=1S/C14H17BrF3N5/c1-13(2)4-3-8(7-20-13)21-11-12-19-5-6-23(12)9(10(15)22-11)14(16,17)18/h5-6,8,20H,3-4,7H2,1-2H3,(H,21,22)/t8-/m0/s1. The van der Waals surface area contributed by atoms with Crippen LogP contribution < -0.4 is 10.6 Å². The molecule has 3 rings (SSSR count). The summed E-state index contributed by atoms with van der Waals surface area (Å²) in [4.78, 5) is 8.07. The van der Waals surface area contributed by atoms with Gasteiger partial charge in [-0.2, -0.15) is 13.2 Å². The van der Waals surface area contributed by atoms with E-state index in [1.165, 1.54) is 12.4 Å². The van der Waals surface area contributed by atoms with E-state index in [1.54, 1.807) is 0 Å². The lowest BCUT2D eigenvalue weighted by Crippen LogP contribution is -2.50. The Bertz CT molecular complexity index is 715. The van der Waals surface area contributed by atoms with Crippen LogP contribution in [0, 0.1) is 0 Å². The molecule has 5 nitrogen and oxygen atoms in total. The third-order valence-corrected chi connectivity index (χ3v) is 4.61. The first-order valence-corrected chi connectivity index (χ1v) is 8.08. The van der Waals surface area contributed by atoms with Crippen LogP contribution in [0.3, 0.4) is 0 Å². The second-order valence-electron chi connectivity index (χ2n) is 6.36. The van der Waals surface area contributed by atoms with Crippen LogP contribution in [0.15, 0.2) is 17.0 Å². The van der Waals surface area contributed by atoms with E-state index in [0.29, 0.717) is 5.82 Å². The zero-order valence-electron chi connectivity index (χ0n) is 12.7. The van der Waals surface area contributed by atoms with Crippen LogP contribution >= 0.6 is 15.9 Å². The van der Waals surface area contributed by atoms with Gasteiger partial charge in [0.1, 0.15) is 4.60 Å². The first-order valence-electron chi connectivity index (χ1n) is 7.29. The average molecular weight is 392 g/mol. The zero-order chi connectivity index (χ0) is 16.8. The second kappa shape index (κ2) is 5.62. The van der Waals surface area contributed by atoms with Crippen molar-refractivity contribution in [2.75, 3.05) is 11.9 Å². The van der Waals surface area contributed by atoms with E-state index in [0.717, 1.165) is 23.8 Å². The Morgan fingerprint density at radius 3 is 2.78 bits per heavy atom. The average Bonchev–Trinajstić information content (AvgIpc) is 2.88. The Kier molecular flexibility index (Phi) is 4.04. The van der Waals surface area contributed by atoms with Crippen molar-refractivity contribution >= 4 is 27.4 Å². The molecule has 2 N–H and O–H groups in total. The second-order valence-corrected chi connectivity index (χ2v) is 7.11. The normalized spacial score (nSPS) is 21.6. The Hall–Kier alpha value is -1.35. The molecule has 0 saturated carbocycles. The van der Waals surface area contributed by atoms with E-state index in [2.05, 4.69) is 50.4 Å². The Morgan fingerprint density at radius 2 is 2.17 bits per heavy atom. The van der Waals surface area contributed by atoms with Gasteiger partial charge in [0.25, 0.3) is 0 Å². The highest BCUT2D eigenvalue weighted by Crippen LogP contribution is 2.36. The largest absolute Gasteiger partial charge is 0.434 e. The summed E-state index contributed by atoms with van der Waals surface area (Å²) in [5.74, 6) is 0.349. The zero-order valence-corrected chi connectivity index (χ0v) is 14.3.